The number of benzene rings is 2. The highest BCUT2D eigenvalue weighted by Gasteiger charge is 2.36. The molecule has 7 heteroatoms. The Morgan fingerprint density at radius 3 is 2.64 bits per heavy atom. The van der Waals surface area contributed by atoms with Gasteiger partial charge in [-0.2, -0.15) is 4.72 Å². The number of hydrogen-bond acceptors (Lipinski definition) is 4. The second kappa shape index (κ2) is 6.33. The predicted molar refractivity (Wildman–Crippen MR) is 95.5 cm³/mol. The smallest absolute Gasteiger partial charge is 0.214 e. The first-order chi connectivity index (χ1) is 12.0. The zero-order valence-corrected chi connectivity index (χ0v) is 14.3. The van der Waals surface area contributed by atoms with Crippen molar-refractivity contribution in [3.63, 3.8) is 0 Å². The van der Waals surface area contributed by atoms with Crippen molar-refractivity contribution in [3.05, 3.63) is 59.9 Å². The van der Waals surface area contributed by atoms with E-state index in [1.165, 1.54) is 6.07 Å². The van der Waals surface area contributed by atoms with Crippen LogP contribution in [-0.2, 0) is 10.0 Å². The van der Waals surface area contributed by atoms with Crippen molar-refractivity contribution in [2.75, 3.05) is 25.4 Å². The zero-order valence-electron chi connectivity index (χ0n) is 13.5. The first-order valence-electron chi connectivity index (χ1n) is 8.17. The number of nitrogens with zero attached hydrogens (tertiary/aromatic N) is 2. The molecule has 4 rings (SSSR count). The van der Waals surface area contributed by atoms with Gasteiger partial charge in [-0.1, -0.05) is 42.5 Å². The molecule has 2 aliphatic heterocycles. The Hall–Kier alpha value is -2.09. The highest BCUT2D eigenvalue weighted by atomic mass is 32.2. The van der Waals surface area contributed by atoms with Crippen molar-refractivity contribution in [1.29, 1.82) is 0 Å². The maximum Gasteiger partial charge on any atom is 0.214 e. The van der Waals surface area contributed by atoms with Crippen LogP contribution < -0.4 is 4.72 Å². The summed E-state index contributed by atoms with van der Waals surface area (Å²) in [6.45, 7) is 1.74. The standard InChI is InChI=1S/C18H18FN3O2S/c19-16-12-14(6-7-15(16)13-4-2-1-3-5-13)17-18-21-25(23,24)11-10-22(18)9-8-20-17/h1-7,12,18,21H,8-11H2. The molecule has 5 nitrogen and oxygen atoms in total. The van der Waals surface area contributed by atoms with Gasteiger partial charge >= 0.3 is 0 Å². The van der Waals surface area contributed by atoms with Crippen LogP contribution in [0.1, 0.15) is 5.56 Å². The van der Waals surface area contributed by atoms with Gasteiger partial charge in [0.25, 0.3) is 0 Å². The van der Waals surface area contributed by atoms with Gasteiger partial charge < -0.3 is 0 Å². The number of rotatable bonds is 2. The van der Waals surface area contributed by atoms with Gasteiger partial charge in [-0.25, -0.2) is 12.8 Å². The van der Waals surface area contributed by atoms with Crippen molar-refractivity contribution in [2.24, 2.45) is 4.99 Å². The molecule has 1 N–H and O–H groups in total. The van der Waals surface area contributed by atoms with Crippen LogP contribution in [0.15, 0.2) is 53.5 Å². The third kappa shape index (κ3) is 3.22. The number of aliphatic imine (C=N–C) groups is 1. The maximum absolute atomic E-state index is 14.7. The fourth-order valence-electron chi connectivity index (χ4n) is 3.30. The quantitative estimate of drug-likeness (QED) is 0.890. The molecule has 0 aliphatic carbocycles. The van der Waals surface area contributed by atoms with Crippen LogP contribution in [0.3, 0.4) is 0 Å². The zero-order chi connectivity index (χ0) is 17.4. The van der Waals surface area contributed by atoms with E-state index in [1.54, 1.807) is 12.1 Å². The van der Waals surface area contributed by atoms with Crippen molar-refractivity contribution in [1.82, 2.24) is 9.62 Å². The van der Waals surface area contributed by atoms with Gasteiger partial charge in [-0.05, 0) is 11.6 Å². The molecule has 1 unspecified atom stereocenters. The molecule has 0 saturated carbocycles. The van der Waals surface area contributed by atoms with Gasteiger partial charge in [0.2, 0.25) is 10.0 Å². The summed E-state index contributed by atoms with van der Waals surface area (Å²) in [6.07, 6.45) is -0.519. The third-order valence-electron chi connectivity index (χ3n) is 4.58. The topological polar surface area (TPSA) is 61.8 Å². The molecule has 0 radical (unpaired) electrons. The van der Waals surface area contributed by atoms with Gasteiger partial charge in [0, 0.05) is 24.2 Å². The highest BCUT2D eigenvalue weighted by Crippen LogP contribution is 2.25. The molecule has 1 atom stereocenters. The molecule has 0 bridgehead atoms. The molecule has 1 saturated heterocycles. The number of halogens is 1. The molecule has 0 amide bonds. The average molecular weight is 359 g/mol. The Bertz CT molecular complexity index is 929. The Morgan fingerprint density at radius 2 is 1.88 bits per heavy atom. The molecule has 130 valence electrons. The summed E-state index contributed by atoms with van der Waals surface area (Å²) in [5.74, 6) is -0.264. The van der Waals surface area contributed by atoms with Crippen molar-refractivity contribution in [2.45, 2.75) is 6.17 Å². The van der Waals surface area contributed by atoms with Crippen LogP contribution in [0.25, 0.3) is 11.1 Å². The maximum atomic E-state index is 14.7. The van der Waals surface area contributed by atoms with E-state index >= 15 is 0 Å². The molecule has 2 aromatic rings. The molecule has 1 fully saturated rings. The number of sulfonamides is 1. The van der Waals surface area contributed by atoms with Crippen molar-refractivity contribution < 1.29 is 12.8 Å². The minimum Gasteiger partial charge on any atom is -0.285 e. The number of nitrogens with one attached hydrogen (secondary N) is 1. The van der Waals surface area contributed by atoms with E-state index in [0.717, 1.165) is 5.56 Å². The molecular weight excluding hydrogens is 341 g/mol. The first kappa shape index (κ1) is 16.4. The molecule has 2 heterocycles. The Balaban J connectivity index is 1.70. The van der Waals surface area contributed by atoms with Crippen LogP contribution in [0.5, 0.6) is 0 Å². The second-order valence-electron chi connectivity index (χ2n) is 6.20. The third-order valence-corrected chi connectivity index (χ3v) is 5.88. The summed E-state index contributed by atoms with van der Waals surface area (Å²) in [4.78, 5) is 6.51. The SMILES string of the molecule is O=S1(=O)CCN2CCN=C(c3ccc(-c4ccccc4)c(F)c3)C2N1. The van der Waals surface area contributed by atoms with Crippen LogP contribution in [0.2, 0.25) is 0 Å². The molecule has 0 aromatic heterocycles. The number of hydrogen-bond donors (Lipinski definition) is 1. The van der Waals surface area contributed by atoms with Gasteiger partial charge in [-0.15, -0.1) is 0 Å². The Morgan fingerprint density at radius 1 is 1.08 bits per heavy atom. The lowest BCUT2D eigenvalue weighted by Crippen LogP contribution is -2.61. The van der Waals surface area contributed by atoms with Crippen LogP contribution >= 0.6 is 0 Å². The van der Waals surface area contributed by atoms with E-state index in [4.69, 9.17) is 0 Å². The van der Waals surface area contributed by atoms with E-state index < -0.39 is 16.2 Å². The monoisotopic (exact) mass is 359 g/mol. The lowest BCUT2D eigenvalue weighted by atomic mass is 9.99. The van der Waals surface area contributed by atoms with Crippen LogP contribution in [0, 0.1) is 5.82 Å². The molecular formula is C18H18FN3O2S. The highest BCUT2D eigenvalue weighted by molar-refractivity contribution is 7.89. The minimum atomic E-state index is -3.32. The second-order valence-corrected chi connectivity index (χ2v) is 8.08. The summed E-state index contributed by atoms with van der Waals surface area (Å²) in [5.41, 5.74) is 2.50. The predicted octanol–water partition coefficient (Wildman–Crippen LogP) is 1.86. The lowest BCUT2D eigenvalue weighted by Gasteiger charge is -2.39. The Labute approximate surface area is 146 Å². The molecule has 2 aromatic carbocycles. The van der Waals surface area contributed by atoms with Gasteiger partial charge in [0.05, 0.1) is 18.0 Å². The van der Waals surface area contributed by atoms with Crippen molar-refractivity contribution >= 4 is 15.7 Å². The van der Waals surface area contributed by atoms with Gasteiger partial charge in [-0.3, -0.25) is 9.89 Å². The van der Waals surface area contributed by atoms with Gasteiger partial charge in [0.1, 0.15) is 12.0 Å². The Kier molecular flexibility index (Phi) is 4.15. The number of fused-ring (bicyclic) bond motifs is 1. The van der Waals surface area contributed by atoms with Crippen molar-refractivity contribution in [3.8, 4) is 11.1 Å². The van der Waals surface area contributed by atoms with Crippen LogP contribution in [0.4, 0.5) is 4.39 Å². The molecule has 25 heavy (non-hydrogen) atoms. The fourth-order valence-corrected chi connectivity index (χ4v) is 4.49. The summed E-state index contributed by atoms with van der Waals surface area (Å²) in [6, 6.07) is 14.3. The largest absolute Gasteiger partial charge is 0.285 e. The van der Waals surface area contributed by atoms with E-state index in [2.05, 4.69) is 9.71 Å². The summed E-state index contributed by atoms with van der Waals surface area (Å²) >= 11 is 0. The van der Waals surface area contributed by atoms with E-state index in [0.29, 0.717) is 36.5 Å². The minimum absolute atomic E-state index is 0.0814. The summed E-state index contributed by atoms with van der Waals surface area (Å²) in [7, 11) is -3.32. The summed E-state index contributed by atoms with van der Waals surface area (Å²) in [5, 5.41) is 0. The fraction of sp³-hybridized carbons (Fsp3) is 0.278. The van der Waals surface area contributed by atoms with E-state index in [-0.39, 0.29) is 11.6 Å². The lowest BCUT2D eigenvalue weighted by molar-refractivity contribution is 0.229. The normalized spacial score (nSPS) is 22.9. The average Bonchev–Trinajstić information content (AvgIpc) is 2.61. The first-order valence-corrected chi connectivity index (χ1v) is 9.82. The van der Waals surface area contributed by atoms with Gasteiger partial charge in [0.15, 0.2) is 0 Å². The van der Waals surface area contributed by atoms with E-state index in [9.17, 15) is 12.8 Å². The van der Waals surface area contributed by atoms with E-state index in [1.807, 2.05) is 35.2 Å². The summed E-state index contributed by atoms with van der Waals surface area (Å²) < 4.78 is 41.2. The molecule has 2 aliphatic rings. The molecule has 0 spiro atoms. The van der Waals surface area contributed by atoms with Crippen LogP contribution in [-0.4, -0.2) is 50.6 Å².